The first-order valence-electron chi connectivity index (χ1n) is 6.78. The molecular weight excluding hydrogens is 321 g/mol. The van der Waals surface area contributed by atoms with Gasteiger partial charge in [0.1, 0.15) is 5.82 Å². The Morgan fingerprint density at radius 3 is 2.74 bits per heavy atom. The third-order valence-electron chi connectivity index (χ3n) is 3.46. The third-order valence-corrected chi connectivity index (χ3v) is 4.84. The quantitative estimate of drug-likeness (QED) is 0.905. The second-order valence-corrected chi connectivity index (χ2v) is 6.90. The Labute approximate surface area is 133 Å². The first kappa shape index (κ1) is 15.3. The molecule has 0 radical (unpaired) electrons. The lowest BCUT2D eigenvalue weighted by molar-refractivity contribution is 0.218. The molecule has 0 atom stereocenters. The average Bonchev–Trinajstić information content (AvgIpc) is 2.48. The molecule has 2 N–H and O–H groups in total. The zero-order valence-corrected chi connectivity index (χ0v) is 13.0. The maximum absolute atomic E-state index is 13.2. The fourth-order valence-electron chi connectivity index (χ4n) is 2.30. The summed E-state index contributed by atoms with van der Waals surface area (Å²) in [6, 6.07) is 9.38. The maximum Gasteiger partial charge on any atom is 0.321 e. The van der Waals surface area contributed by atoms with Crippen LogP contribution < -0.4 is 10.0 Å². The van der Waals surface area contributed by atoms with E-state index in [2.05, 4.69) is 10.0 Å². The monoisotopic (exact) mass is 335 g/mol. The fraction of sp³-hybridized carbons (Fsp3) is 0.133. The molecular formula is C15H14FN3O3S. The normalized spacial score (nSPS) is 14.2. The summed E-state index contributed by atoms with van der Waals surface area (Å²) in [7, 11) is -2.24. The summed E-state index contributed by atoms with van der Waals surface area (Å²) in [5, 5.41) is 2.70. The highest BCUT2D eigenvalue weighted by Gasteiger charge is 2.21. The second-order valence-electron chi connectivity index (χ2n) is 5.22. The number of rotatable bonds is 3. The van der Waals surface area contributed by atoms with Crippen LogP contribution in [0.1, 0.15) is 5.56 Å². The van der Waals surface area contributed by atoms with Gasteiger partial charge in [0, 0.05) is 25.0 Å². The topological polar surface area (TPSA) is 78.5 Å². The molecule has 6 nitrogen and oxygen atoms in total. The van der Waals surface area contributed by atoms with E-state index in [4.69, 9.17) is 0 Å². The van der Waals surface area contributed by atoms with E-state index in [1.807, 2.05) is 0 Å². The Morgan fingerprint density at radius 2 is 2.00 bits per heavy atom. The summed E-state index contributed by atoms with van der Waals surface area (Å²) < 4.78 is 40.2. The van der Waals surface area contributed by atoms with E-state index in [0.717, 1.165) is 11.6 Å². The molecule has 1 aliphatic rings. The zero-order chi connectivity index (χ0) is 16.6. The molecule has 23 heavy (non-hydrogen) atoms. The molecule has 0 bridgehead atoms. The van der Waals surface area contributed by atoms with Gasteiger partial charge in [0.2, 0.25) is 0 Å². The number of urea groups is 1. The van der Waals surface area contributed by atoms with Gasteiger partial charge < -0.3 is 10.2 Å². The molecule has 0 saturated heterocycles. The molecule has 0 aliphatic carbocycles. The van der Waals surface area contributed by atoms with Gasteiger partial charge in [-0.25, -0.2) is 17.6 Å². The van der Waals surface area contributed by atoms with E-state index >= 15 is 0 Å². The van der Waals surface area contributed by atoms with Crippen LogP contribution >= 0.6 is 0 Å². The molecule has 1 aliphatic heterocycles. The summed E-state index contributed by atoms with van der Waals surface area (Å²) in [6.07, 6.45) is 0. The predicted molar refractivity (Wildman–Crippen MR) is 84.1 cm³/mol. The maximum atomic E-state index is 13.2. The number of benzene rings is 2. The van der Waals surface area contributed by atoms with Crippen LogP contribution in [-0.2, 0) is 16.6 Å². The van der Waals surface area contributed by atoms with Crippen LogP contribution in [0.15, 0.2) is 47.4 Å². The summed E-state index contributed by atoms with van der Waals surface area (Å²) in [4.78, 5) is 12.9. The van der Waals surface area contributed by atoms with Crippen LogP contribution in [0.3, 0.4) is 0 Å². The highest BCUT2D eigenvalue weighted by atomic mass is 32.2. The van der Waals surface area contributed by atoms with Crippen molar-refractivity contribution in [2.75, 3.05) is 17.1 Å². The van der Waals surface area contributed by atoms with Crippen molar-refractivity contribution in [3.8, 4) is 0 Å². The molecule has 0 fully saturated rings. The van der Waals surface area contributed by atoms with Gasteiger partial charge in [-0.2, -0.15) is 0 Å². The van der Waals surface area contributed by atoms with E-state index in [1.54, 1.807) is 25.2 Å². The number of halogens is 1. The van der Waals surface area contributed by atoms with E-state index in [0.29, 0.717) is 17.9 Å². The second kappa shape index (κ2) is 5.54. The highest BCUT2D eigenvalue weighted by molar-refractivity contribution is 7.92. The molecule has 3 rings (SSSR count). The molecule has 8 heteroatoms. The van der Waals surface area contributed by atoms with Gasteiger partial charge in [-0.1, -0.05) is 6.07 Å². The van der Waals surface area contributed by atoms with Crippen molar-refractivity contribution in [2.24, 2.45) is 0 Å². The molecule has 2 aromatic rings. The lowest BCUT2D eigenvalue weighted by atomic mass is 10.1. The Hall–Kier alpha value is -2.61. The number of fused-ring (bicyclic) bond motifs is 1. The number of carbonyl (C=O) groups is 1. The van der Waals surface area contributed by atoms with E-state index < -0.39 is 15.8 Å². The SMILES string of the molecule is CN1Cc2cc(NS(=O)(=O)c3cccc(F)c3)ccc2NC1=O. The first-order chi connectivity index (χ1) is 10.8. The van der Waals surface area contributed by atoms with Gasteiger partial charge in [0.05, 0.1) is 4.90 Å². The predicted octanol–water partition coefficient (Wildman–Crippen LogP) is 2.60. The Bertz CT molecular complexity index is 883. The van der Waals surface area contributed by atoms with Crippen LogP contribution in [0.2, 0.25) is 0 Å². The van der Waals surface area contributed by atoms with Gasteiger partial charge >= 0.3 is 6.03 Å². The molecule has 0 spiro atoms. The highest BCUT2D eigenvalue weighted by Crippen LogP contribution is 2.27. The van der Waals surface area contributed by atoms with Crippen molar-refractivity contribution in [3.05, 3.63) is 53.8 Å². The molecule has 0 aromatic heterocycles. The molecule has 2 amide bonds. The summed E-state index contributed by atoms with van der Waals surface area (Å²) in [5.41, 5.74) is 1.77. The van der Waals surface area contributed by atoms with Crippen LogP contribution in [0.5, 0.6) is 0 Å². The van der Waals surface area contributed by atoms with Crippen molar-refractivity contribution >= 4 is 27.4 Å². The summed E-state index contributed by atoms with van der Waals surface area (Å²) in [5.74, 6) is -0.623. The number of anilines is 2. The molecule has 1 heterocycles. The minimum Gasteiger partial charge on any atom is -0.323 e. The van der Waals surface area contributed by atoms with Crippen molar-refractivity contribution < 1.29 is 17.6 Å². The van der Waals surface area contributed by atoms with E-state index in [9.17, 15) is 17.6 Å². The summed E-state index contributed by atoms with van der Waals surface area (Å²) >= 11 is 0. The molecule has 0 unspecified atom stereocenters. The van der Waals surface area contributed by atoms with Gasteiger partial charge in [-0.05, 0) is 42.0 Å². The van der Waals surface area contributed by atoms with Gasteiger partial charge in [-0.15, -0.1) is 0 Å². The number of hydrogen-bond donors (Lipinski definition) is 2. The van der Waals surface area contributed by atoms with Gasteiger partial charge in [0.25, 0.3) is 10.0 Å². The number of carbonyl (C=O) groups excluding carboxylic acids is 1. The Balaban J connectivity index is 1.89. The van der Waals surface area contributed by atoms with Crippen LogP contribution in [0.25, 0.3) is 0 Å². The van der Waals surface area contributed by atoms with E-state index in [-0.39, 0.29) is 10.9 Å². The van der Waals surface area contributed by atoms with E-state index in [1.165, 1.54) is 23.1 Å². The lowest BCUT2D eigenvalue weighted by Crippen LogP contribution is -2.35. The fourth-order valence-corrected chi connectivity index (χ4v) is 3.38. The number of nitrogens with one attached hydrogen (secondary N) is 2. The van der Waals surface area contributed by atoms with Crippen LogP contribution in [0, 0.1) is 5.82 Å². The number of amides is 2. The number of hydrogen-bond acceptors (Lipinski definition) is 3. The summed E-state index contributed by atoms with van der Waals surface area (Å²) in [6.45, 7) is 0.372. The standard InChI is InChI=1S/C15H14FN3O3S/c1-19-9-10-7-12(5-6-14(10)17-15(19)20)18-23(21,22)13-4-2-3-11(16)8-13/h2-8,18H,9H2,1H3,(H,17,20). The van der Waals surface area contributed by atoms with Crippen molar-refractivity contribution in [2.45, 2.75) is 11.4 Å². The number of sulfonamides is 1. The third kappa shape index (κ3) is 3.11. The smallest absolute Gasteiger partial charge is 0.321 e. The molecule has 120 valence electrons. The lowest BCUT2D eigenvalue weighted by Gasteiger charge is -2.26. The Morgan fingerprint density at radius 1 is 1.22 bits per heavy atom. The van der Waals surface area contributed by atoms with Gasteiger partial charge in [-0.3, -0.25) is 4.72 Å². The van der Waals surface area contributed by atoms with Gasteiger partial charge in [0.15, 0.2) is 0 Å². The Kier molecular flexibility index (Phi) is 3.69. The molecule has 2 aromatic carbocycles. The molecule has 0 saturated carbocycles. The number of nitrogens with zero attached hydrogens (tertiary/aromatic N) is 1. The van der Waals surface area contributed by atoms with Crippen molar-refractivity contribution in [1.82, 2.24) is 4.90 Å². The minimum atomic E-state index is -3.88. The largest absolute Gasteiger partial charge is 0.323 e. The van der Waals surface area contributed by atoms with Crippen molar-refractivity contribution in [3.63, 3.8) is 0 Å². The van der Waals surface area contributed by atoms with Crippen LogP contribution in [-0.4, -0.2) is 26.4 Å². The zero-order valence-electron chi connectivity index (χ0n) is 12.2. The first-order valence-corrected chi connectivity index (χ1v) is 8.27. The van der Waals surface area contributed by atoms with Crippen molar-refractivity contribution in [1.29, 1.82) is 0 Å². The van der Waals surface area contributed by atoms with Crippen LogP contribution in [0.4, 0.5) is 20.6 Å². The minimum absolute atomic E-state index is 0.152. The average molecular weight is 335 g/mol.